The molecule has 164 valence electrons. The second-order valence-electron chi connectivity index (χ2n) is 7.20. The van der Waals surface area contributed by atoms with Gasteiger partial charge in [0.2, 0.25) is 0 Å². The van der Waals surface area contributed by atoms with E-state index in [0.29, 0.717) is 5.56 Å². The van der Waals surface area contributed by atoms with Crippen molar-refractivity contribution >= 4 is 17.0 Å². The van der Waals surface area contributed by atoms with Crippen LogP contribution in [0.5, 0.6) is 5.75 Å². The zero-order chi connectivity index (χ0) is 22.2. The van der Waals surface area contributed by atoms with E-state index in [-0.39, 0.29) is 6.04 Å². The van der Waals surface area contributed by atoms with Crippen LogP contribution >= 0.6 is 0 Å². The third-order valence-electron chi connectivity index (χ3n) is 4.96. The molecule has 0 aliphatic carbocycles. The van der Waals surface area contributed by atoms with Crippen LogP contribution in [-0.2, 0) is 17.3 Å². The Balaban J connectivity index is 1.72. The van der Waals surface area contributed by atoms with Crippen molar-refractivity contribution in [3.63, 3.8) is 0 Å². The third kappa shape index (κ3) is 6.35. The maximum absolute atomic E-state index is 13.6. The quantitative estimate of drug-likeness (QED) is 0.547. The van der Waals surface area contributed by atoms with Crippen LogP contribution in [0, 0.1) is 16.4 Å². The summed E-state index contributed by atoms with van der Waals surface area (Å²) in [6.07, 6.45) is 10.4. The normalized spacial score (nSPS) is 21.3. The number of methoxy groups -OCH3 is 1. The molecule has 7 heteroatoms. The fourth-order valence-corrected chi connectivity index (χ4v) is 4.55. The molecule has 1 aliphatic rings. The summed E-state index contributed by atoms with van der Waals surface area (Å²) in [5.74, 6) is -0.909. The summed E-state index contributed by atoms with van der Waals surface area (Å²) in [7, 11) is 2.48. The Morgan fingerprint density at radius 3 is 2.61 bits per heavy atom. The number of nitrogens with one attached hydrogen (secondary N) is 3. The summed E-state index contributed by atoms with van der Waals surface area (Å²) < 4.78 is 44.0. The molecule has 0 bridgehead atoms. The van der Waals surface area contributed by atoms with Gasteiger partial charge >= 0.3 is 0 Å². The van der Waals surface area contributed by atoms with Gasteiger partial charge in [-0.1, -0.05) is 30.4 Å². The molecule has 2 unspecified atom stereocenters. The molecule has 2 atom stereocenters. The molecule has 2 aromatic carbocycles. The molecule has 3 rings (SSSR count). The van der Waals surface area contributed by atoms with E-state index in [4.69, 9.17) is 9.52 Å². The van der Waals surface area contributed by atoms with Crippen LogP contribution in [0.1, 0.15) is 24.0 Å². The lowest BCUT2D eigenvalue weighted by Crippen LogP contribution is -2.28. The predicted molar refractivity (Wildman–Crippen MR) is 124 cm³/mol. The number of halogens is 2. The van der Waals surface area contributed by atoms with Gasteiger partial charge in [-0.25, -0.2) is 13.5 Å². The number of benzene rings is 2. The molecule has 31 heavy (non-hydrogen) atoms. The molecule has 2 aromatic rings. The van der Waals surface area contributed by atoms with Crippen molar-refractivity contribution < 1.29 is 13.5 Å². The van der Waals surface area contributed by atoms with Crippen molar-refractivity contribution in [1.29, 1.82) is 4.78 Å². The van der Waals surface area contributed by atoms with Gasteiger partial charge in [-0.2, -0.15) is 0 Å². The Bertz CT molecular complexity index is 1020. The van der Waals surface area contributed by atoms with E-state index in [0.717, 1.165) is 41.6 Å². The van der Waals surface area contributed by atoms with Crippen LogP contribution in [0.4, 0.5) is 8.78 Å². The zero-order valence-corrected chi connectivity index (χ0v) is 18.4. The molecule has 0 saturated carbocycles. The molecule has 0 spiro atoms. The van der Waals surface area contributed by atoms with Gasteiger partial charge in [-0.15, -0.1) is 0 Å². The average Bonchev–Trinajstić information content (AvgIpc) is 2.91. The molecule has 3 N–H and O–H groups in total. The molecule has 1 aliphatic heterocycles. The molecular weight excluding hydrogens is 416 g/mol. The van der Waals surface area contributed by atoms with E-state index in [9.17, 15) is 8.78 Å². The minimum atomic E-state index is -0.958. The van der Waals surface area contributed by atoms with Gasteiger partial charge in [0.1, 0.15) is 5.75 Å². The number of aryl methyl sites for hydroxylation is 1. The first-order chi connectivity index (χ1) is 15.0. The van der Waals surface area contributed by atoms with Crippen molar-refractivity contribution in [3.8, 4) is 5.75 Å². The Morgan fingerprint density at radius 2 is 1.94 bits per heavy atom. The lowest BCUT2D eigenvalue weighted by Gasteiger charge is -2.15. The number of hydrogen-bond acceptors (Lipinski definition) is 3. The van der Waals surface area contributed by atoms with Crippen molar-refractivity contribution in [1.82, 2.24) is 10.0 Å². The number of allylic oxidation sites excluding steroid dienone is 2. The average molecular weight is 444 g/mol. The van der Waals surface area contributed by atoms with Crippen LogP contribution < -0.4 is 14.8 Å². The smallest absolute Gasteiger partial charge is 0.159 e. The Labute approximate surface area is 184 Å². The second-order valence-corrected chi connectivity index (χ2v) is 8.49. The molecule has 4 nitrogen and oxygen atoms in total. The zero-order valence-electron chi connectivity index (χ0n) is 17.6. The van der Waals surface area contributed by atoms with Crippen molar-refractivity contribution in [2.45, 2.75) is 25.3 Å². The SMILES string of the molecule is CNC=C1/C(=C/c2ccc(F)c(F)c2)C=CC(CCCc2ccc(OC)cc2)NS1=N. The molecule has 1 heterocycles. The van der Waals surface area contributed by atoms with Gasteiger partial charge in [-0.3, -0.25) is 4.78 Å². The fraction of sp³-hybridized carbons (Fsp3) is 0.250. The van der Waals surface area contributed by atoms with E-state index in [1.807, 2.05) is 24.3 Å². The highest BCUT2D eigenvalue weighted by atomic mass is 32.2. The van der Waals surface area contributed by atoms with E-state index >= 15 is 0 Å². The highest BCUT2D eigenvalue weighted by molar-refractivity contribution is 7.88. The highest BCUT2D eigenvalue weighted by Gasteiger charge is 2.17. The maximum Gasteiger partial charge on any atom is 0.159 e. The van der Waals surface area contributed by atoms with E-state index < -0.39 is 22.5 Å². The minimum absolute atomic E-state index is 0.0511. The molecule has 0 aromatic heterocycles. The Hall–Kier alpha value is -2.77. The lowest BCUT2D eigenvalue weighted by molar-refractivity contribution is 0.414. The predicted octanol–water partition coefficient (Wildman–Crippen LogP) is 5.26. The molecule has 0 saturated heterocycles. The van der Waals surface area contributed by atoms with Crippen LogP contribution in [0.2, 0.25) is 0 Å². The molecule has 0 fully saturated rings. The second kappa shape index (κ2) is 11.0. The first-order valence-corrected chi connectivity index (χ1v) is 11.3. The summed E-state index contributed by atoms with van der Waals surface area (Å²) in [5, 5.41) is 2.99. The lowest BCUT2D eigenvalue weighted by atomic mass is 10.0. The Morgan fingerprint density at radius 1 is 1.16 bits per heavy atom. The van der Waals surface area contributed by atoms with E-state index in [2.05, 4.69) is 22.2 Å². The van der Waals surface area contributed by atoms with Crippen molar-refractivity contribution in [2.75, 3.05) is 14.2 Å². The molecular formula is C24H27F2N3OS. The van der Waals surface area contributed by atoms with Gasteiger partial charge in [0.15, 0.2) is 11.6 Å². The number of hydrogen-bond donors (Lipinski definition) is 3. The van der Waals surface area contributed by atoms with E-state index in [1.165, 1.54) is 17.7 Å². The highest BCUT2D eigenvalue weighted by Crippen LogP contribution is 2.24. The molecule has 0 radical (unpaired) electrons. The monoisotopic (exact) mass is 443 g/mol. The fourth-order valence-electron chi connectivity index (χ4n) is 3.32. The van der Waals surface area contributed by atoms with Crippen LogP contribution in [0.25, 0.3) is 6.08 Å². The van der Waals surface area contributed by atoms with Crippen LogP contribution in [0.15, 0.2) is 71.3 Å². The van der Waals surface area contributed by atoms with E-state index in [1.54, 1.807) is 26.4 Å². The summed E-state index contributed by atoms with van der Waals surface area (Å²) in [5.41, 5.74) is 2.59. The van der Waals surface area contributed by atoms with Gasteiger partial charge in [0.25, 0.3) is 0 Å². The van der Waals surface area contributed by atoms with Gasteiger partial charge in [0, 0.05) is 19.3 Å². The summed E-state index contributed by atoms with van der Waals surface area (Å²) >= 11 is 0. The molecule has 0 amide bonds. The largest absolute Gasteiger partial charge is 0.497 e. The minimum Gasteiger partial charge on any atom is -0.497 e. The topological polar surface area (TPSA) is 57.1 Å². The van der Waals surface area contributed by atoms with Gasteiger partial charge in [0.05, 0.1) is 12.0 Å². The number of rotatable bonds is 7. The van der Waals surface area contributed by atoms with Gasteiger partial charge < -0.3 is 10.1 Å². The maximum atomic E-state index is 13.6. The van der Waals surface area contributed by atoms with Crippen molar-refractivity contribution in [2.24, 2.45) is 0 Å². The summed E-state index contributed by atoms with van der Waals surface area (Å²) in [6, 6.07) is 11.9. The van der Waals surface area contributed by atoms with Crippen molar-refractivity contribution in [3.05, 3.63) is 94.1 Å². The standard InChI is InChI=1S/C24H27F2N3OS/c1-28-16-24-19(14-18-8-13-22(25)23(26)15-18)9-10-20(29-31(24)27)5-3-4-17-6-11-21(30-2)12-7-17/h6-16,20,28H,3-5H2,1-2H3,(H2,27,29)/b19-14+,24-16?. The summed E-state index contributed by atoms with van der Waals surface area (Å²) in [4.78, 5) is 0.765. The number of ether oxygens (including phenoxy) is 1. The van der Waals surface area contributed by atoms with Gasteiger partial charge in [-0.05, 0) is 77.2 Å². The third-order valence-corrected chi connectivity index (χ3v) is 6.29. The first kappa shape index (κ1) is 22.9. The van der Waals surface area contributed by atoms with Crippen LogP contribution in [0.3, 0.4) is 0 Å². The first-order valence-electron chi connectivity index (χ1n) is 10.1. The Kier molecular flexibility index (Phi) is 8.14. The van der Waals surface area contributed by atoms with Crippen LogP contribution in [-0.4, -0.2) is 20.2 Å². The summed E-state index contributed by atoms with van der Waals surface area (Å²) in [6.45, 7) is 0.